The van der Waals surface area contributed by atoms with Gasteiger partial charge in [-0.2, -0.15) is 0 Å². The van der Waals surface area contributed by atoms with Crippen LogP contribution in [-0.2, 0) is 11.2 Å². The van der Waals surface area contributed by atoms with E-state index in [0.29, 0.717) is 23.6 Å². The molecule has 2 heterocycles. The summed E-state index contributed by atoms with van der Waals surface area (Å²) in [6, 6.07) is 11.4. The highest BCUT2D eigenvalue weighted by atomic mass is 16.5. The molecular formula is C26H28N2O4. The van der Waals surface area contributed by atoms with Gasteiger partial charge in [-0.1, -0.05) is 24.6 Å². The second kappa shape index (κ2) is 8.01. The predicted molar refractivity (Wildman–Crippen MR) is 123 cm³/mol. The third kappa shape index (κ3) is 3.25. The predicted octanol–water partition coefficient (Wildman–Crippen LogP) is 4.13. The van der Waals surface area contributed by atoms with E-state index < -0.39 is 6.04 Å². The van der Waals surface area contributed by atoms with Crippen molar-refractivity contribution in [2.75, 3.05) is 20.8 Å². The third-order valence-corrected chi connectivity index (χ3v) is 7.02. The first-order valence-corrected chi connectivity index (χ1v) is 11.2. The van der Waals surface area contributed by atoms with Gasteiger partial charge in [0.1, 0.15) is 0 Å². The molecule has 1 atom stereocenters. The van der Waals surface area contributed by atoms with Gasteiger partial charge in [0.15, 0.2) is 11.5 Å². The highest BCUT2D eigenvalue weighted by molar-refractivity contribution is 5.84. The first-order valence-electron chi connectivity index (χ1n) is 11.2. The van der Waals surface area contributed by atoms with Crippen LogP contribution >= 0.6 is 0 Å². The molecule has 1 saturated carbocycles. The van der Waals surface area contributed by atoms with Crippen molar-refractivity contribution < 1.29 is 14.3 Å². The first kappa shape index (κ1) is 20.6. The lowest BCUT2D eigenvalue weighted by atomic mass is 9.81. The Morgan fingerprint density at radius 1 is 1.06 bits per heavy atom. The Morgan fingerprint density at radius 3 is 2.50 bits per heavy atom. The van der Waals surface area contributed by atoms with Crippen LogP contribution in [-0.4, -0.2) is 36.6 Å². The minimum absolute atomic E-state index is 0.0565. The molecule has 6 heteroatoms. The smallest absolute Gasteiger partial charge is 0.254 e. The van der Waals surface area contributed by atoms with Crippen molar-refractivity contribution in [2.45, 2.75) is 38.6 Å². The average molecular weight is 433 g/mol. The molecular weight excluding hydrogens is 404 g/mol. The number of methoxy groups -OCH3 is 2. The Kier molecular flexibility index (Phi) is 5.16. The van der Waals surface area contributed by atoms with E-state index in [1.54, 1.807) is 14.2 Å². The number of para-hydroxylation sites is 1. The Morgan fingerprint density at radius 2 is 1.81 bits per heavy atom. The zero-order valence-corrected chi connectivity index (χ0v) is 18.7. The van der Waals surface area contributed by atoms with Gasteiger partial charge in [0.2, 0.25) is 5.91 Å². The molecule has 1 fully saturated rings. The number of amides is 1. The molecule has 2 aliphatic rings. The van der Waals surface area contributed by atoms with Crippen molar-refractivity contribution in [3.63, 3.8) is 0 Å². The molecule has 0 radical (unpaired) electrons. The topological polar surface area (TPSA) is 71.6 Å². The number of carbonyl (C=O) groups is 1. The number of hydrogen-bond donors (Lipinski definition) is 1. The quantitative estimate of drug-likeness (QED) is 0.673. The SMILES string of the molecule is COc1cc2c(cc1OC)[C@@H](c1cc3cccc(C)c3[nH]c1=O)N(C(=O)C1CCC1)CC2. The molecule has 0 saturated heterocycles. The molecule has 1 N–H and O–H groups in total. The number of rotatable bonds is 4. The Balaban J connectivity index is 1.72. The van der Waals surface area contributed by atoms with Crippen LogP contribution in [0.5, 0.6) is 11.5 Å². The maximum Gasteiger partial charge on any atom is 0.254 e. The van der Waals surface area contributed by atoms with Crippen LogP contribution in [0.1, 0.15) is 47.6 Å². The summed E-state index contributed by atoms with van der Waals surface area (Å²) in [7, 11) is 3.22. The van der Waals surface area contributed by atoms with Crippen molar-refractivity contribution in [3.8, 4) is 11.5 Å². The van der Waals surface area contributed by atoms with Crippen LogP contribution in [0, 0.1) is 12.8 Å². The van der Waals surface area contributed by atoms with Crippen molar-refractivity contribution in [1.29, 1.82) is 0 Å². The molecule has 5 rings (SSSR count). The van der Waals surface area contributed by atoms with Gasteiger partial charge in [-0.25, -0.2) is 0 Å². The van der Waals surface area contributed by atoms with Gasteiger partial charge in [0.05, 0.1) is 25.8 Å². The maximum atomic E-state index is 13.4. The van der Waals surface area contributed by atoms with E-state index in [2.05, 4.69) is 4.98 Å². The van der Waals surface area contributed by atoms with Gasteiger partial charge in [-0.15, -0.1) is 0 Å². The molecule has 1 aliphatic heterocycles. The summed E-state index contributed by atoms with van der Waals surface area (Å²) in [4.78, 5) is 31.8. The van der Waals surface area contributed by atoms with Gasteiger partial charge in [-0.3, -0.25) is 9.59 Å². The number of ether oxygens (including phenoxy) is 2. The molecule has 3 aromatic rings. The van der Waals surface area contributed by atoms with Gasteiger partial charge in [0.25, 0.3) is 5.56 Å². The number of pyridine rings is 1. The van der Waals surface area contributed by atoms with Gasteiger partial charge < -0.3 is 19.4 Å². The summed E-state index contributed by atoms with van der Waals surface area (Å²) < 4.78 is 11.1. The fourth-order valence-corrected chi connectivity index (χ4v) is 5.01. The van der Waals surface area contributed by atoms with E-state index >= 15 is 0 Å². The Labute approximate surface area is 187 Å². The summed E-state index contributed by atoms with van der Waals surface area (Å²) in [5.74, 6) is 1.46. The van der Waals surface area contributed by atoms with Gasteiger partial charge >= 0.3 is 0 Å². The van der Waals surface area contributed by atoms with E-state index in [9.17, 15) is 9.59 Å². The summed E-state index contributed by atoms with van der Waals surface area (Å²) in [5, 5.41) is 0.961. The normalized spacial score (nSPS) is 18.2. The highest BCUT2D eigenvalue weighted by Crippen LogP contribution is 2.42. The lowest BCUT2D eigenvalue weighted by molar-refractivity contribution is -0.140. The lowest BCUT2D eigenvalue weighted by Gasteiger charge is -2.41. The molecule has 0 unspecified atom stereocenters. The van der Waals surface area contributed by atoms with E-state index in [1.165, 1.54) is 0 Å². The number of nitrogens with zero attached hydrogens (tertiary/aromatic N) is 1. The monoisotopic (exact) mass is 432 g/mol. The number of aryl methyl sites for hydroxylation is 1. The molecule has 1 aliphatic carbocycles. The largest absolute Gasteiger partial charge is 0.493 e. The van der Waals surface area contributed by atoms with Crippen molar-refractivity contribution in [2.24, 2.45) is 5.92 Å². The van der Waals surface area contributed by atoms with E-state index in [4.69, 9.17) is 9.47 Å². The molecule has 166 valence electrons. The van der Waals surface area contributed by atoms with Gasteiger partial charge in [0, 0.05) is 18.0 Å². The highest BCUT2D eigenvalue weighted by Gasteiger charge is 2.39. The Hall–Kier alpha value is -3.28. The summed E-state index contributed by atoms with van der Waals surface area (Å²) in [5.41, 5.74) is 4.29. The molecule has 32 heavy (non-hydrogen) atoms. The number of nitrogens with one attached hydrogen (secondary N) is 1. The van der Waals surface area contributed by atoms with Crippen LogP contribution < -0.4 is 15.0 Å². The average Bonchev–Trinajstić information content (AvgIpc) is 2.76. The van der Waals surface area contributed by atoms with E-state index in [0.717, 1.165) is 53.3 Å². The molecule has 1 amide bonds. The molecule has 0 spiro atoms. The minimum atomic E-state index is -0.458. The molecule has 1 aromatic heterocycles. The summed E-state index contributed by atoms with van der Waals surface area (Å²) in [6.45, 7) is 2.56. The second-order valence-corrected chi connectivity index (χ2v) is 8.81. The zero-order valence-electron chi connectivity index (χ0n) is 18.7. The summed E-state index contributed by atoms with van der Waals surface area (Å²) in [6.07, 6.45) is 3.66. The van der Waals surface area contributed by atoms with Gasteiger partial charge in [-0.05, 0) is 66.5 Å². The third-order valence-electron chi connectivity index (χ3n) is 7.02. The zero-order chi connectivity index (χ0) is 22.4. The standard InChI is InChI=1S/C26H28N2O4/c1-15-6-4-9-18-12-20(25(29)27-23(15)18)24-19-14-22(32-3)21(31-2)13-17(19)10-11-28(24)26(30)16-7-5-8-16/h4,6,9,12-14,16,24H,5,7-8,10-11H2,1-3H3,(H,27,29)/t24-/m0/s1. The van der Waals surface area contributed by atoms with Crippen LogP contribution in [0.4, 0.5) is 0 Å². The van der Waals surface area contributed by atoms with Crippen LogP contribution in [0.15, 0.2) is 41.2 Å². The lowest BCUT2D eigenvalue weighted by Crippen LogP contribution is -2.46. The molecule has 6 nitrogen and oxygen atoms in total. The van der Waals surface area contributed by atoms with Crippen molar-refractivity contribution in [1.82, 2.24) is 9.88 Å². The number of H-pyrrole nitrogens is 1. The second-order valence-electron chi connectivity index (χ2n) is 8.81. The number of aromatic amines is 1. The Bertz CT molecular complexity index is 1260. The van der Waals surface area contributed by atoms with E-state index in [1.807, 2.05) is 48.2 Å². The number of carbonyl (C=O) groups excluding carboxylic acids is 1. The number of hydrogen-bond acceptors (Lipinski definition) is 4. The fraction of sp³-hybridized carbons (Fsp3) is 0.385. The van der Waals surface area contributed by atoms with Crippen LogP contribution in [0.2, 0.25) is 0 Å². The van der Waals surface area contributed by atoms with Crippen molar-refractivity contribution >= 4 is 16.8 Å². The summed E-state index contributed by atoms with van der Waals surface area (Å²) >= 11 is 0. The van der Waals surface area contributed by atoms with Crippen LogP contribution in [0.25, 0.3) is 10.9 Å². The fourth-order valence-electron chi connectivity index (χ4n) is 5.01. The number of aromatic nitrogens is 1. The molecule has 2 aromatic carbocycles. The number of fused-ring (bicyclic) bond motifs is 2. The minimum Gasteiger partial charge on any atom is -0.493 e. The number of benzene rings is 2. The molecule has 0 bridgehead atoms. The van der Waals surface area contributed by atoms with Crippen molar-refractivity contribution in [3.05, 3.63) is 69.0 Å². The first-order chi connectivity index (χ1) is 15.5. The van der Waals surface area contributed by atoms with E-state index in [-0.39, 0.29) is 17.4 Å². The van der Waals surface area contributed by atoms with Crippen LogP contribution in [0.3, 0.4) is 0 Å². The maximum absolute atomic E-state index is 13.4.